The van der Waals surface area contributed by atoms with Crippen LogP contribution in [0.25, 0.3) is 0 Å². The van der Waals surface area contributed by atoms with Crippen molar-refractivity contribution in [2.24, 2.45) is 0 Å². The van der Waals surface area contributed by atoms with E-state index in [1.807, 2.05) is 0 Å². The molecule has 0 amide bonds. The Bertz CT molecular complexity index is 378. The third-order valence-corrected chi connectivity index (χ3v) is 3.67. The highest BCUT2D eigenvalue weighted by molar-refractivity contribution is 6.17. The van der Waals surface area contributed by atoms with Gasteiger partial charge in [-0.05, 0) is 24.6 Å². The van der Waals surface area contributed by atoms with Crippen LogP contribution in [-0.4, -0.2) is 56.7 Å². The molecule has 1 heterocycles. The first kappa shape index (κ1) is 14.6. The zero-order chi connectivity index (χ0) is 13.5. The molecule has 19 heavy (non-hydrogen) atoms. The summed E-state index contributed by atoms with van der Waals surface area (Å²) < 4.78 is 5.43. The summed E-state index contributed by atoms with van der Waals surface area (Å²) in [6.07, 6.45) is 0. The molecule has 4 heteroatoms. The average molecular weight is 283 g/mol. The minimum absolute atomic E-state index is 0.584. The molecule has 106 valence electrons. The molecule has 1 aromatic carbocycles. The van der Waals surface area contributed by atoms with E-state index in [1.54, 1.807) is 0 Å². The summed E-state index contributed by atoms with van der Waals surface area (Å²) in [6.45, 7) is 9.02. The van der Waals surface area contributed by atoms with Crippen LogP contribution < -0.4 is 4.90 Å². The fourth-order valence-electron chi connectivity index (χ4n) is 2.40. The van der Waals surface area contributed by atoms with Crippen LogP contribution >= 0.6 is 11.6 Å². The van der Waals surface area contributed by atoms with Gasteiger partial charge in [0.05, 0.1) is 13.2 Å². The van der Waals surface area contributed by atoms with E-state index in [0.29, 0.717) is 12.5 Å². The number of halogens is 1. The Morgan fingerprint density at radius 2 is 1.95 bits per heavy atom. The smallest absolute Gasteiger partial charge is 0.0602 e. The van der Waals surface area contributed by atoms with Gasteiger partial charge < -0.3 is 9.64 Å². The molecule has 0 atom stereocenters. The highest BCUT2D eigenvalue weighted by atomic mass is 35.5. The molecule has 1 fully saturated rings. The van der Waals surface area contributed by atoms with Crippen LogP contribution in [0.15, 0.2) is 24.3 Å². The molecule has 1 aliphatic heterocycles. The van der Waals surface area contributed by atoms with Gasteiger partial charge in [-0.1, -0.05) is 12.1 Å². The van der Waals surface area contributed by atoms with Crippen molar-refractivity contribution in [3.63, 3.8) is 0 Å². The third kappa shape index (κ3) is 4.68. The largest absolute Gasteiger partial charge is 0.379 e. The molecule has 0 N–H and O–H groups in total. The Balaban J connectivity index is 1.73. The molecule has 1 aromatic rings. The van der Waals surface area contributed by atoms with Gasteiger partial charge in [0.15, 0.2) is 0 Å². The fraction of sp³-hybridized carbons (Fsp3) is 0.600. The lowest BCUT2D eigenvalue weighted by atomic mass is 10.2. The van der Waals surface area contributed by atoms with E-state index in [9.17, 15) is 0 Å². The van der Waals surface area contributed by atoms with Gasteiger partial charge in [-0.3, -0.25) is 4.90 Å². The second-order valence-corrected chi connectivity index (χ2v) is 5.35. The number of piperazine rings is 1. The maximum absolute atomic E-state index is 5.58. The van der Waals surface area contributed by atoms with Crippen molar-refractivity contribution in [3.8, 4) is 0 Å². The predicted molar refractivity (Wildman–Crippen MR) is 81.4 cm³/mol. The molecule has 0 spiro atoms. The molecular weight excluding hydrogens is 260 g/mol. The van der Waals surface area contributed by atoms with E-state index in [2.05, 4.69) is 41.0 Å². The Morgan fingerprint density at radius 3 is 2.63 bits per heavy atom. The molecule has 0 unspecified atom stereocenters. The standard InChI is InChI=1S/C15H23ClN2O/c1-14-3-2-4-15(13-14)18-8-6-17(7-9-18)10-12-19-11-5-16/h2-4,13H,5-12H2,1H3. The summed E-state index contributed by atoms with van der Waals surface area (Å²) in [6, 6.07) is 8.75. The Labute approximate surface area is 121 Å². The van der Waals surface area contributed by atoms with Gasteiger partial charge in [-0.25, -0.2) is 0 Å². The zero-order valence-corrected chi connectivity index (χ0v) is 12.4. The van der Waals surface area contributed by atoms with Crippen molar-refractivity contribution in [2.45, 2.75) is 6.92 Å². The summed E-state index contributed by atoms with van der Waals surface area (Å²) in [7, 11) is 0. The monoisotopic (exact) mass is 282 g/mol. The molecular formula is C15H23ClN2O. The number of nitrogens with zero attached hydrogens (tertiary/aromatic N) is 2. The number of anilines is 1. The van der Waals surface area contributed by atoms with Crippen molar-refractivity contribution < 1.29 is 4.74 Å². The second-order valence-electron chi connectivity index (χ2n) is 4.97. The minimum Gasteiger partial charge on any atom is -0.379 e. The van der Waals surface area contributed by atoms with E-state index < -0.39 is 0 Å². The van der Waals surface area contributed by atoms with Gasteiger partial charge in [0.1, 0.15) is 0 Å². The zero-order valence-electron chi connectivity index (χ0n) is 11.6. The van der Waals surface area contributed by atoms with Gasteiger partial charge in [0, 0.05) is 44.3 Å². The first-order valence-electron chi connectivity index (χ1n) is 6.97. The van der Waals surface area contributed by atoms with Gasteiger partial charge in [-0.2, -0.15) is 0 Å². The van der Waals surface area contributed by atoms with Gasteiger partial charge in [0.2, 0.25) is 0 Å². The minimum atomic E-state index is 0.584. The molecule has 0 aromatic heterocycles. The van der Waals surface area contributed by atoms with Crippen LogP contribution in [-0.2, 0) is 4.74 Å². The molecule has 1 saturated heterocycles. The summed E-state index contributed by atoms with van der Waals surface area (Å²) in [5, 5.41) is 0. The van der Waals surface area contributed by atoms with Crippen molar-refractivity contribution >= 4 is 17.3 Å². The molecule has 3 nitrogen and oxygen atoms in total. The fourth-order valence-corrected chi connectivity index (χ4v) is 2.51. The van der Waals surface area contributed by atoms with Crippen LogP contribution in [0.2, 0.25) is 0 Å². The number of hydrogen-bond donors (Lipinski definition) is 0. The molecule has 0 saturated carbocycles. The molecule has 2 rings (SSSR count). The molecule has 1 aliphatic rings. The first-order valence-corrected chi connectivity index (χ1v) is 7.51. The van der Waals surface area contributed by atoms with Crippen LogP contribution in [0.1, 0.15) is 5.56 Å². The van der Waals surface area contributed by atoms with Crippen LogP contribution in [0, 0.1) is 6.92 Å². The SMILES string of the molecule is Cc1cccc(N2CCN(CCOCCCl)CC2)c1. The van der Waals surface area contributed by atoms with E-state index in [-0.39, 0.29) is 0 Å². The van der Waals surface area contributed by atoms with Gasteiger partial charge >= 0.3 is 0 Å². The topological polar surface area (TPSA) is 15.7 Å². The average Bonchev–Trinajstić information content (AvgIpc) is 2.44. The quantitative estimate of drug-likeness (QED) is 0.589. The summed E-state index contributed by atoms with van der Waals surface area (Å²) in [4.78, 5) is 4.92. The molecule has 0 bridgehead atoms. The lowest BCUT2D eigenvalue weighted by Crippen LogP contribution is -2.47. The van der Waals surface area contributed by atoms with E-state index in [1.165, 1.54) is 11.3 Å². The van der Waals surface area contributed by atoms with Crippen LogP contribution in [0.4, 0.5) is 5.69 Å². The maximum Gasteiger partial charge on any atom is 0.0602 e. The van der Waals surface area contributed by atoms with Crippen molar-refractivity contribution in [1.29, 1.82) is 0 Å². The van der Waals surface area contributed by atoms with Crippen molar-refractivity contribution in [2.75, 3.05) is 56.7 Å². The normalized spacial score (nSPS) is 16.8. The lowest BCUT2D eigenvalue weighted by molar-refractivity contribution is 0.112. The summed E-state index contributed by atoms with van der Waals surface area (Å²) in [5.74, 6) is 0.584. The highest BCUT2D eigenvalue weighted by Crippen LogP contribution is 2.17. The van der Waals surface area contributed by atoms with Gasteiger partial charge in [-0.15, -0.1) is 11.6 Å². The number of aryl methyl sites for hydroxylation is 1. The number of alkyl halides is 1. The van der Waals surface area contributed by atoms with Gasteiger partial charge in [0.25, 0.3) is 0 Å². The summed E-state index contributed by atoms with van der Waals surface area (Å²) >= 11 is 5.58. The van der Waals surface area contributed by atoms with E-state index in [0.717, 1.165) is 39.3 Å². The van der Waals surface area contributed by atoms with E-state index >= 15 is 0 Å². The van der Waals surface area contributed by atoms with Crippen LogP contribution in [0.5, 0.6) is 0 Å². The Kier molecular flexibility index (Phi) is 5.95. The molecule has 0 aliphatic carbocycles. The predicted octanol–water partition coefficient (Wildman–Crippen LogP) is 2.37. The second kappa shape index (κ2) is 7.73. The van der Waals surface area contributed by atoms with Crippen molar-refractivity contribution in [3.05, 3.63) is 29.8 Å². The van der Waals surface area contributed by atoms with Crippen molar-refractivity contribution in [1.82, 2.24) is 4.90 Å². The number of benzene rings is 1. The Morgan fingerprint density at radius 1 is 1.16 bits per heavy atom. The number of ether oxygens (including phenoxy) is 1. The highest BCUT2D eigenvalue weighted by Gasteiger charge is 2.16. The first-order chi connectivity index (χ1) is 9.29. The number of hydrogen-bond acceptors (Lipinski definition) is 3. The van der Waals surface area contributed by atoms with Crippen LogP contribution in [0.3, 0.4) is 0 Å². The maximum atomic E-state index is 5.58. The van der Waals surface area contributed by atoms with E-state index in [4.69, 9.17) is 16.3 Å². The summed E-state index contributed by atoms with van der Waals surface area (Å²) in [5.41, 5.74) is 2.67. The number of rotatable bonds is 6. The third-order valence-electron chi connectivity index (χ3n) is 3.51. The molecule has 0 radical (unpaired) electrons. The lowest BCUT2D eigenvalue weighted by Gasteiger charge is -2.36. The Hall–Kier alpha value is -0.770.